The average molecular weight is 444 g/mol. The first-order valence-electron chi connectivity index (χ1n) is 10.3. The maximum Gasteiger partial charge on any atom is 0.352 e. The molecule has 0 saturated carbocycles. The highest BCUT2D eigenvalue weighted by Crippen LogP contribution is 2.14. The molecule has 1 N–H and O–H groups in total. The summed E-state index contributed by atoms with van der Waals surface area (Å²) < 4.78 is 15.2. The number of para-hydroxylation sites is 1. The minimum absolute atomic E-state index is 0.0684. The summed E-state index contributed by atoms with van der Waals surface area (Å²) in [7, 11) is 0. The monoisotopic (exact) mass is 444 g/mol. The highest BCUT2D eigenvalue weighted by atomic mass is 19.1. The van der Waals surface area contributed by atoms with E-state index >= 15 is 0 Å². The van der Waals surface area contributed by atoms with Gasteiger partial charge in [0.05, 0.1) is 11.7 Å². The van der Waals surface area contributed by atoms with Crippen molar-refractivity contribution in [2.75, 3.05) is 0 Å². The number of benzene rings is 3. The van der Waals surface area contributed by atoms with Crippen LogP contribution in [0.4, 0.5) is 4.39 Å². The third kappa shape index (κ3) is 4.64. The molecule has 0 saturated heterocycles. The van der Waals surface area contributed by atoms with Gasteiger partial charge in [-0.3, -0.25) is 9.59 Å². The van der Waals surface area contributed by atoms with Crippen LogP contribution in [0, 0.1) is 5.82 Å². The van der Waals surface area contributed by atoms with Gasteiger partial charge in [0.1, 0.15) is 5.82 Å². The highest BCUT2D eigenvalue weighted by Gasteiger charge is 2.23. The number of hydrogen-bond donors (Lipinski definition) is 1. The van der Waals surface area contributed by atoms with Crippen LogP contribution in [0.3, 0.4) is 0 Å². The van der Waals surface area contributed by atoms with E-state index < -0.39 is 28.9 Å². The normalized spacial score (nSPS) is 11.7. The number of carbonyl (C=O) groups excluding carboxylic acids is 1. The van der Waals surface area contributed by atoms with Crippen molar-refractivity contribution in [3.05, 3.63) is 128 Å². The van der Waals surface area contributed by atoms with Crippen molar-refractivity contribution < 1.29 is 9.18 Å². The molecule has 0 radical (unpaired) electrons. The molecule has 8 heteroatoms. The zero-order chi connectivity index (χ0) is 23.4. The molecule has 0 aliphatic carbocycles. The maximum absolute atomic E-state index is 13.3. The number of hydrogen-bond acceptors (Lipinski definition) is 4. The largest absolute Gasteiger partial charge is 0.352 e. The van der Waals surface area contributed by atoms with Gasteiger partial charge in [-0.05, 0) is 42.3 Å². The van der Waals surface area contributed by atoms with E-state index in [0.29, 0.717) is 11.3 Å². The van der Waals surface area contributed by atoms with Gasteiger partial charge in [0.15, 0.2) is 0 Å². The van der Waals surface area contributed by atoms with Crippen LogP contribution in [0.15, 0.2) is 94.5 Å². The van der Waals surface area contributed by atoms with Gasteiger partial charge in [0, 0.05) is 6.54 Å². The van der Waals surface area contributed by atoms with Crippen molar-refractivity contribution in [1.82, 2.24) is 19.7 Å². The molecule has 4 rings (SSSR count). The van der Waals surface area contributed by atoms with E-state index in [1.165, 1.54) is 24.3 Å². The van der Waals surface area contributed by atoms with E-state index in [0.717, 1.165) is 14.8 Å². The lowest BCUT2D eigenvalue weighted by Gasteiger charge is -2.17. The van der Waals surface area contributed by atoms with Crippen LogP contribution in [-0.2, 0) is 6.54 Å². The molecule has 4 aromatic rings. The van der Waals surface area contributed by atoms with Crippen LogP contribution in [0.5, 0.6) is 0 Å². The predicted octanol–water partition coefficient (Wildman–Crippen LogP) is 3.07. The Hall–Kier alpha value is -4.33. The minimum Gasteiger partial charge on any atom is -0.346 e. The molecule has 3 aromatic carbocycles. The number of aromatic nitrogens is 3. The molecule has 1 atom stereocenters. The third-order valence-corrected chi connectivity index (χ3v) is 5.26. The SMILES string of the molecule is C[C@@H](c1ccccc1)n1c(=O)c(C(=O)NCc2ccc(F)cc2)nn(-c2ccccc2)c1=O. The Morgan fingerprint density at radius 1 is 0.939 bits per heavy atom. The van der Waals surface area contributed by atoms with Crippen LogP contribution in [0.25, 0.3) is 5.69 Å². The predicted molar refractivity (Wildman–Crippen MR) is 122 cm³/mol. The summed E-state index contributed by atoms with van der Waals surface area (Å²) in [6.07, 6.45) is 0. The maximum atomic E-state index is 13.3. The van der Waals surface area contributed by atoms with Gasteiger partial charge >= 0.3 is 5.69 Å². The van der Waals surface area contributed by atoms with Gasteiger partial charge in [-0.2, -0.15) is 9.78 Å². The van der Waals surface area contributed by atoms with Crippen LogP contribution in [0.1, 0.15) is 34.6 Å². The molecule has 0 spiro atoms. The van der Waals surface area contributed by atoms with Gasteiger partial charge in [0.25, 0.3) is 11.5 Å². The lowest BCUT2D eigenvalue weighted by atomic mass is 10.1. The fourth-order valence-electron chi connectivity index (χ4n) is 3.46. The first-order chi connectivity index (χ1) is 16.0. The molecular weight excluding hydrogens is 423 g/mol. The number of carbonyl (C=O) groups is 1. The van der Waals surface area contributed by atoms with Crippen molar-refractivity contribution in [3.8, 4) is 5.69 Å². The highest BCUT2D eigenvalue weighted by molar-refractivity contribution is 5.91. The van der Waals surface area contributed by atoms with Gasteiger partial charge in [0.2, 0.25) is 5.69 Å². The standard InChI is InChI=1S/C25H21FN4O3/c1-17(19-8-4-2-5-9-19)29-24(32)22(23(31)27-16-18-12-14-20(26)15-13-18)28-30(25(29)33)21-10-6-3-7-11-21/h2-15,17H,16H2,1H3,(H,27,31)/t17-/m0/s1. The van der Waals surface area contributed by atoms with Gasteiger partial charge in [-0.25, -0.2) is 13.8 Å². The molecule has 0 bridgehead atoms. The quantitative estimate of drug-likeness (QED) is 0.495. The lowest BCUT2D eigenvalue weighted by Crippen LogP contribution is -2.47. The second kappa shape index (κ2) is 9.44. The van der Waals surface area contributed by atoms with E-state index in [9.17, 15) is 18.8 Å². The van der Waals surface area contributed by atoms with E-state index in [2.05, 4.69) is 10.4 Å². The van der Waals surface area contributed by atoms with Gasteiger partial charge in [-0.1, -0.05) is 60.7 Å². The molecule has 0 fully saturated rings. The molecule has 33 heavy (non-hydrogen) atoms. The molecule has 1 heterocycles. The van der Waals surface area contributed by atoms with E-state index in [1.54, 1.807) is 49.4 Å². The van der Waals surface area contributed by atoms with Crippen molar-refractivity contribution >= 4 is 5.91 Å². The van der Waals surface area contributed by atoms with Crippen LogP contribution in [0.2, 0.25) is 0 Å². The Balaban J connectivity index is 1.79. The molecular formula is C25H21FN4O3. The van der Waals surface area contributed by atoms with Crippen molar-refractivity contribution in [3.63, 3.8) is 0 Å². The zero-order valence-electron chi connectivity index (χ0n) is 17.8. The van der Waals surface area contributed by atoms with Crippen LogP contribution in [-0.4, -0.2) is 20.3 Å². The molecule has 0 aliphatic rings. The van der Waals surface area contributed by atoms with Crippen molar-refractivity contribution in [2.45, 2.75) is 19.5 Å². The Kier molecular flexibility index (Phi) is 6.26. The molecule has 0 unspecified atom stereocenters. The average Bonchev–Trinajstić information content (AvgIpc) is 2.84. The van der Waals surface area contributed by atoms with E-state index in [1.807, 2.05) is 18.2 Å². The Morgan fingerprint density at radius 3 is 2.18 bits per heavy atom. The summed E-state index contributed by atoms with van der Waals surface area (Å²) in [5.41, 5.74) is -0.0514. The Morgan fingerprint density at radius 2 is 1.55 bits per heavy atom. The van der Waals surface area contributed by atoms with Crippen LogP contribution < -0.4 is 16.6 Å². The Bertz CT molecular complexity index is 1380. The molecule has 7 nitrogen and oxygen atoms in total. The van der Waals surface area contributed by atoms with Gasteiger partial charge in [-0.15, -0.1) is 0 Å². The Labute approximate surface area is 188 Å². The second-order valence-corrected chi connectivity index (χ2v) is 7.45. The molecule has 1 aromatic heterocycles. The fraction of sp³-hybridized carbons (Fsp3) is 0.120. The fourth-order valence-corrected chi connectivity index (χ4v) is 3.46. The summed E-state index contributed by atoms with van der Waals surface area (Å²) in [6, 6.07) is 22.6. The minimum atomic E-state index is -0.792. The van der Waals surface area contributed by atoms with Crippen molar-refractivity contribution in [1.29, 1.82) is 0 Å². The third-order valence-electron chi connectivity index (χ3n) is 5.26. The lowest BCUT2D eigenvalue weighted by molar-refractivity contribution is 0.0941. The number of nitrogens with one attached hydrogen (secondary N) is 1. The summed E-state index contributed by atoms with van der Waals surface area (Å²) in [5, 5.41) is 6.73. The summed E-state index contributed by atoms with van der Waals surface area (Å²) in [5.74, 6) is -1.12. The number of amides is 1. The van der Waals surface area contributed by atoms with Crippen molar-refractivity contribution in [2.24, 2.45) is 0 Å². The summed E-state index contributed by atoms with van der Waals surface area (Å²) >= 11 is 0. The molecule has 1 amide bonds. The first-order valence-corrected chi connectivity index (χ1v) is 10.3. The number of rotatable bonds is 6. The number of halogens is 1. The second-order valence-electron chi connectivity index (χ2n) is 7.45. The van der Waals surface area contributed by atoms with E-state index in [-0.39, 0.29) is 12.4 Å². The molecule has 166 valence electrons. The first kappa shape index (κ1) is 21.9. The number of nitrogens with zero attached hydrogens (tertiary/aromatic N) is 3. The topological polar surface area (TPSA) is 86.0 Å². The van der Waals surface area contributed by atoms with Gasteiger partial charge < -0.3 is 5.32 Å². The molecule has 0 aliphatic heterocycles. The zero-order valence-corrected chi connectivity index (χ0v) is 17.8. The smallest absolute Gasteiger partial charge is 0.346 e. The van der Waals surface area contributed by atoms with Crippen LogP contribution >= 0.6 is 0 Å². The summed E-state index contributed by atoms with van der Waals surface area (Å²) in [4.78, 5) is 39.5. The van der Waals surface area contributed by atoms with E-state index in [4.69, 9.17) is 0 Å². The summed E-state index contributed by atoms with van der Waals surface area (Å²) in [6.45, 7) is 1.78.